The molecule has 0 saturated carbocycles. The molecule has 0 spiro atoms. The Morgan fingerprint density at radius 3 is 2.86 bits per heavy atom. The summed E-state index contributed by atoms with van der Waals surface area (Å²) in [5.41, 5.74) is 1.61. The van der Waals surface area contributed by atoms with Gasteiger partial charge in [-0.15, -0.1) is 0 Å². The van der Waals surface area contributed by atoms with Crippen molar-refractivity contribution in [3.63, 3.8) is 0 Å². The highest BCUT2D eigenvalue weighted by molar-refractivity contribution is 5.59. The molecule has 21 heavy (non-hydrogen) atoms. The van der Waals surface area contributed by atoms with Crippen LogP contribution >= 0.6 is 0 Å². The van der Waals surface area contributed by atoms with Crippen molar-refractivity contribution in [3.8, 4) is 11.4 Å². The zero-order valence-electron chi connectivity index (χ0n) is 12.3. The van der Waals surface area contributed by atoms with Crippen LogP contribution in [0.15, 0.2) is 22.7 Å². The molecule has 5 nitrogen and oxygen atoms in total. The Hall–Kier alpha value is -1.79. The minimum atomic E-state index is -0.294. The molecule has 3 rings (SSSR count). The minimum Gasteiger partial charge on any atom is -0.337 e. The van der Waals surface area contributed by atoms with E-state index in [2.05, 4.69) is 27.3 Å². The van der Waals surface area contributed by atoms with Gasteiger partial charge in [0.25, 0.3) is 0 Å². The van der Waals surface area contributed by atoms with Gasteiger partial charge in [-0.25, -0.2) is 4.39 Å². The highest BCUT2D eigenvalue weighted by Crippen LogP contribution is 2.25. The summed E-state index contributed by atoms with van der Waals surface area (Å²) in [7, 11) is 0. The van der Waals surface area contributed by atoms with E-state index < -0.39 is 0 Å². The first kappa shape index (κ1) is 14.2. The van der Waals surface area contributed by atoms with Crippen molar-refractivity contribution in [1.82, 2.24) is 20.4 Å². The summed E-state index contributed by atoms with van der Waals surface area (Å²) < 4.78 is 18.8. The van der Waals surface area contributed by atoms with Crippen molar-refractivity contribution in [3.05, 3.63) is 35.5 Å². The van der Waals surface area contributed by atoms with Crippen LogP contribution < -0.4 is 5.32 Å². The Morgan fingerprint density at radius 1 is 1.33 bits per heavy atom. The summed E-state index contributed by atoms with van der Waals surface area (Å²) in [5, 5.41) is 7.33. The Kier molecular flexibility index (Phi) is 3.98. The van der Waals surface area contributed by atoms with Crippen molar-refractivity contribution in [2.75, 3.05) is 26.2 Å². The van der Waals surface area contributed by atoms with Gasteiger partial charge in [0.1, 0.15) is 5.82 Å². The lowest BCUT2D eigenvalue weighted by Crippen LogP contribution is -2.44. The molecule has 0 amide bonds. The summed E-state index contributed by atoms with van der Waals surface area (Å²) in [4.78, 5) is 6.75. The van der Waals surface area contributed by atoms with E-state index in [4.69, 9.17) is 4.52 Å². The molecule has 112 valence electrons. The highest BCUT2D eigenvalue weighted by atomic mass is 19.1. The van der Waals surface area contributed by atoms with Crippen molar-refractivity contribution < 1.29 is 8.91 Å². The number of hydrogen-bond donors (Lipinski definition) is 1. The molecule has 1 unspecified atom stereocenters. The van der Waals surface area contributed by atoms with Crippen LogP contribution in [0.2, 0.25) is 0 Å². The Morgan fingerprint density at radius 2 is 2.10 bits per heavy atom. The second-order valence-corrected chi connectivity index (χ2v) is 5.38. The van der Waals surface area contributed by atoms with E-state index in [-0.39, 0.29) is 11.9 Å². The van der Waals surface area contributed by atoms with Crippen LogP contribution in [0, 0.1) is 12.7 Å². The van der Waals surface area contributed by atoms with Crippen molar-refractivity contribution in [2.24, 2.45) is 0 Å². The Bertz CT molecular complexity index is 622. The van der Waals surface area contributed by atoms with E-state index >= 15 is 0 Å². The van der Waals surface area contributed by atoms with Gasteiger partial charge in [0.2, 0.25) is 11.7 Å². The molecule has 1 N–H and O–H groups in total. The maximum absolute atomic E-state index is 13.4. The lowest BCUT2D eigenvalue weighted by Gasteiger charge is -2.30. The van der Waals surface area contributed by atoms with E-state index in [1.165, 1.54) is 12.1 Å². The topological polar surface area (TPSA) is 54.2 Å². The SMILES string of the molecule is Cc1ccc(F)cc1-c1noc(C(C)N2CCNCC2)n1. The molecule has 1 aliphatic rings. The summed E-state index contributed by atoms with van der Waals surface area (Å²) in [5.74, 6) is 0.733. The number of hydrogen-bond acceptors (Lipinski definition) is 5. The zero-order chi connectivity index (χ0) is 14.8. The van der Waals surface area contributed by atoms with Crippen LogP contribution in [0.4, 0.5) is 4.39 Å². The van der Waals surface area contributed by atoms with Crippen LogP contribution in [-0.2, 0) is 0 Å². The van der Waals surface area contributed by atoms with E-state index in [1.54, 1.807) is 6.07 Å². The summed E-state index contributed by atoms with van der Waals surface area (Å²) >= 11 is 0. The lowest BCUT2D eigenvalue weighted by molar-refractivity contribution is 0.154. The van der Waals surface area contributed by atoms with E-state index in [9.17, 15) is 4.39 Å². The van der Waals surface area contributed by atoms with Crippen LogP contribution in [0.3, 0.4) is 0 Å². The fourth-order valence-corrected chi connectivity index (χ4v) is 2.58. The second kappa shape index (κ2) is 5.91. The summed E-state index contributed by atoms with van der Waals surface area (Å²) in [6.45, 7) is 7.81. The zero-order valence-corrected chi connectivity index (χ0v) is 12.3. The first-order valence-corrected chi connectivity index (χ1v) is 7.20. The monoisotopic (exact) mass is 290 g/mol. The molecule has 1 aromatic heterocycles. The lowest BCUT2D eigenvalue weighted by atomic mass is 10.1. The minimum absolute atomic E-state index is 0.0715. The average molecular weight is 290 g/mol. The number of halogens is 1. The quantitative estimate of drug-likeness (QED) is 0.938. The van der Waals surface area contributed by atoms with Crippen LogP contribution in [0.1, 0.15) is 24.4 Å². The molecule has 1 fully saturated rings. The fourth-order valence-electron chi connectivity index (χ4n) is 2.58. The van der Waals surface area contributed by atoms with Gasteiger partial charge in [0.15, 0.2) is 0 Å². The molecule has 6 heteroatoms. The standard InChI is InChI=1S/C15H19FN4O/c1-10-3-4-12(16)9-13(10)14-18-15(21-19-14)11(2)20-7-5-17-6-8-20/h3-4,9,11,17H,5-8H2,1-2H3. The number of nitrogens with one attached hydrogen (secondary N) is 1. The molecule has 1 aliphatic heterocycles. The van der Waals surface area contributed by atoms with Gasteiger partial charge < -0.3 is 9.84 Å². The second-order valence-electron chi connectivity index (χ2n) is 5.38. The number of nitrogens with zero attached hydrogens (tertiary/aromatic N) is 3. The first-order chi connectivity index (χ1) is 10.1. The average Bonchev–Trinajstić information content (AvgIpc) is 2.99. The molecule has 2 heterocycles. The van der Waals surface area contributed by atoms with Gasteiger partial charge in [-0.3, -0.25) is 4.90 Å². The van der Waals surface area contributed by atoms with Gasteiger partial charge >= 0.3 is 0 Å². The van der Waals surface area contributed by atoms with Gasteiger partial charge in [-0.2, -0.15) is 4.98 Å². The van der Waals surface area contributed by atoms with Gasteiger partial charge in [0, 0.05) is 31.7 Å². The predicted octanol–water partition coefficient (Wildman–Crippen LogP) is 2.15. The van der Waals surface area contributed by atoms with Crippen molar-refractivity contribution >= 4 is 0 Å². The predicted molar refractivity (Wildman–Crippen MR) is 77.3 cm³/mol. The fraction of sp³-hybridized carbons (Fsp3) is 0.467. The number of benzene rings is 1. The third-order valence-electron chi connectivity index (χ3n) is 3.94. The Labute approximate surface area is 123 Å². The molecule has 0 bridgehead atoms. The van der Waals surface area contributed by atoms with Gasteiger partial charge in [0.05, 0.1) is 6.04 Å². The van der Waals surface area contributed by atoms with E-state index in [0.717, 1.165) is 31.7 Å². The highest BCUT2D eigenvalue weighted by Gasteiger charge is 2.23. The number of piperazine rings is 1. The van der Waals surface area contributed by atoms with Gasteiger partial charge in [-0.05, 0) is 31.5 Å². The molecule has 0 radical (unpaired) electrons. The molecule has 1 atom stereocenters. The molecule has 0 aliphatic carbocycles. The molecule has 1 saturated heterocycles. The summed E-state index contributed by atoms with van der Waals surface area (Å²) in [6, 6.07) is 4.67. The van der Waals surface area contributed by atoms with E-state index in [0.29, 0.717) is 17.3 Å². The molecular formula is C15H19FN4O. The number of rotatable bonds is 3. The maximum Gasteiger partial charge on any atom is 0.244 e. The van der Waals surface area contributed by atoms with Gasteiger partial charge in [-0.1, -0.05) is 11.2 Å². The van der Waals surface area contributed by atoms with Crippen LogP contribution in [-0.4, -0.2) is 41.2 Å². The largest absolute Gasteiger partial charge is 0.337 e. The van der Waals surface area contributed by atoms with Crippen LogP contribution in [0.5, 0.6) is 0 Å². The maximum atomic E-state index is 13.4. The van der Waals surface area contributed by atoms with E-state index in [1.807, 2.05) is 6.92 Å². The molecular weight excluding hydrogens is 271 g/mol. The number of aryl methyl sites for hydroxylation is 1. The Balaban J connectivity index is 1.84. The van der Waals surface area contributed by atoms with Crippen molar-refractivity contribution in [1.29, 1.82) is 0 Å². The molecule has 1 aromatic carbocycles. The normalized spacial score (nSPS) is 17.9. The summed E-state index contributed by atoms with van der Waals surface area (Å²) in [6.07, 6.45) is 0. The molecule has 2 aromatic rings. The van der Waals surface area contributed by atoms with Crippen LogP contribution in [0.25, 0.3) is 11.4 Å². The third-order valence-corrected chi connectivity index (χ3v) is 3.94. The number of aromatic nitrogens is 2. The third kappa shape index (κ3) is 2.96. The first-order valence-electron chi connectivity index (χ1n) is 7.20. The van der Waals surface area contributed by atoms with Crippen molar-refractivity contribution in [2.45, 2.75) is 19.9 Å². The smallest absolute Gasteiger partial charge is 0.244 e.